The van der Waals surface area contributed by atoms with E-state index in [1.807, 2.05) is 11.8 Å². The van der Waals surface area contributed by atoms with Crippen molar-refractivity contribution in [1.82, 2.24) is 4.90 Å². The van der Waals surface area contributed by atoms with Gasteiger partial charge in [0.2, 0.25) is 5.91 Å². The summed E-state index contributed by atoms with van der Waals surface area (Å²) in [5.74, 6) is 3.15. The van der Waals surface area contributed by atoms with E-state index in [0.29, 0.717) is 34.5 Å². The molecule has 0 N–H and O–H groups in total. The zero-order valence-electron chi connectivity index (χ0n) is 13.5. The first-order valence-electron chi connectivity index (χ1n) is 8.77. The van der Waals surface area contributed by atoms with E-state index in [-0.39, 0.29) is 0 Å². The van der Waals surface area contributed by atoms with Gasteiger partial charge in [-0.2, -0.15) is 0 Å². The van der Waals surface area contributed by atoms with Gasteiger partial charge in [-0.15, -0.1) is 11.8 Å². The number of carbonyl (C=O) groups excluding carboxylic acids is 1. The van der Waals surface area contributed by atoms with Gasteiger partial charge in [0, 0.05) is 44.6 Å². The van der Waals surface area contributed by atoms with Crippen LogP contribution in [0.15, 0.2) is 0 Å². The number of thioether (sulfide) groups is 1. The van der Waals surface area contributed by atoms with Crippen LogP contribution in [0.1, 0.15) is 32.6 Å². The molecule has 3 heterocycles. The Kier molecular flexibility index (Phi) is 4.16. The fraction of sp³-hybridized carbons (Fsp3) is 0.941. The molecule has 3 saturated heterocycles. The minimum absolute atomic E-state index is 0.314. The van der Waals surface area contributed by atoms with Gasteiger partial charge in [-0.1, -0.05) is 6.92 Å². The third-order valence-corrected chi connectivity index (χ3v) is 7.36. The fourth-order valence-corrected chi connectivity index (χ4v) is 5.57. The van der Waals surface area contributed by atoms with Gasteiger partial charge in [0.25, 0.3) is 0 Å². The molecule has 4 aliphatic rings. The molecule has 3 aliphatic heterocycles. The lowest BCUT2D eigenvalue weighted by Gasteiger charge is -2.47. The molecule has 4 fully saturated rings. The van der Waals surface area contributed by atoms with Crippen LogP contribution in [0.2, 0.25) is 0 Å². The Labute approximate surface area is 137 Å². The van der Waals surface area contributed by atoms with Crippen molar-refractivity contribution in [3.63, 3.8) is 0 Å². The zero-order chi connectivity index (χ0) is 15.2. The number of ether oxygens (including phenoxy) is 2. The molecular formula is C17H27NO3S. The number of amides is 1. The first kappa shape index (κ1) is 15.3. The highest BCUT2D eigenvalue weighted by Crippen LogP contribution is 2.48. The maximum absolute atomic E-state index is 12.2. The highest BCUT2D eigenvalue weighted by Gasteiger charge is 2.53. The predicted molar refractivity (Wildman–Crippen MR) is 86.9 cm³/mol. The molecule has 124 valence electrons. The molecule has 22 heavy (non-hydrogen) atoms. The average Bonchev–Trinajstić information content (AvgIpc) is 3.08. The topological polar surface area (TPSA) is 38.8 Å². The van der Waals surface area contributed by atoms with E-state index in [0.717, 1.165) is 64.3 Å². The Bertz CT molecular complexity index is 432. The summed E-state index contributed by atoms with van der Waals surface area (Å²) in [6.45, 7) is 6.78. The summed E-state index contributed by atoms with van der Waals surface area (Å²) in [6, 6.07) is 0. The van der Waals surface area contributed by atoms with Crippen molar-refractivity contribution in [2.45, 2.75) is 43.5 Å². The van der Waals surface area contributed by atoms with Crippen LogP contribution in [-0.2, 0) is 14.3 Å². The number of carbonyl (C=O) groups is 1. The van der Waals surface area contributed by atoms with Gasteiger partial charge >= 0.3 is 0 Å². The van der Waals surface area contributed by atoms with Crippen LogP contribution in [0.25, 0.3) is 0 Å². The first-order chi connectivity index (χ1) is 10.7. The van der Waals surface area contributed by atoms with E-state index >= 15 is 0 Å². The molecule has 0 unspecified atom stereocenters. The van der Waals surface area contributed by atoms with Crippen molar-refractivity contribution in [3.8, 4) is 0 Å². The quantitative estimate of drug-likeness (QED) is 0.794. The molecule has 0 aromatic heterocycles. The molecule has 0 bridgehead atoms. The van der Waals surface area contributed by atoms with Gasteiger partial charge in [-0.25, -0.2) is 0 Å². The Hall–Kier alpha value is -0.260. The number of rotatable bonds is 4. The Balaban J connectivity index is 1.19. The largest absolute Gasteiger partial charge is 0.381 e. The Morgan fingerprint density at radius 2 is 2.09 bits per heavy atom. The molecule has 3 atom stereocenters. The lowest BCUT2D eigenvalue weighted by molar-refractivity contribution is -0.138. The van der Waals surface area contributed by atoms with Crippen LogP contribution in [-0.4, -0.2) is 60.3 Å². The van der Waals surface area contributed by atoms with E-state index < -0.39 is 0 Å². The average molecular weight is 325 g/mol. The molecule has 1 aliphatic carbocycles. The molecule has 0 radical (unpaired) electrons. The molecule has 4 nitrogen and oxygen atoms in total. The molecule has 1 amide bonds. The van der Waals surface area contributed by atoms with Gasteiger partial charge in [-0.3, -0.25) is 4.79 Å². The lowest BCUT2D eigenvalue weighted by atomic mass is 9.92. The monoisotopic (exact) mass is 325 g/mol. The van der Waals surface area contributed by atoms with Crippen molar-refractivity contribution in [2.75, 3.05) is 38.7 Å². The standard InChI is InChI=1S/C17H27NO3S/c1-12-6-15(12)16(19)18-10-17(11-18)7-14(9-22-17)21-8-13-2-4-20-5-3-13/h12-15H,2-11H2,1H3/t12-,14+,15+/m1/s1. The number of hydrogen-bond acceptors (Lipinski definition) is 4. The summed E-state index contributed by atoms with van der Waals surface area (Å²) in [5, 5.41) is 0. The van der Waals surface area contributed by atoms with Crippen molar-refractivity contribution < 1.29 is 14.3 Å². The molecule has 1 spiro atoms. The SMILES string of the molecule is C[C@@H]1C[C@@H]1C(=O)N1CC2(C[C@H](OCC3CCOCC3)CS2)C1. The van der Waals surface area contributed by atoms with Crippen LogP contribution < -0.4 is 0 Å². The second-order valence-corrected chi connectivity index (χ2v) is 9.21. The highest BCUT2D eigenvalue weighted by atomic mass is 32.2. The normalized spacial score (nSPS) is 37.3. The van der Waals surface area contributed by atoms with E-state index in [1.165, 1.54) is 0 Å². The van der Waals surface area contributed by atoms with Gasteiger partial charge in [0.1, 0.15) is 0 Å². The van der Waals surface area contributed by atoms with Gasteiger partial charge < -0.3 is 14.4 Å². The predicted octanol–water partition coefficient (Wildman–Crippen LogP) is 2.17. The second-order valence-electron chi connectivity index (χ2n) is 7.72. The number of hydrogen-bond donors (Lipinski definition) is 0. The van der Waals surface area contributed by atoms with E-state index in [4.69, 9.17) is 9.47 Å². The third-order valence-electron chi connectivity index (χ3n) is 5.78. The van der Waals surface area contributed by atoms with Gasteiger partial charge in [-0.05, 0) is 37.5 Å². The fourth-order valence-electron chi connectivity index (χ4n) is 4.02. The van der Waals surface area contributed by atoms with Crippen LogP contribution in [0, 0.1) is 17.8 Å². The maximum atomic E-state index is 12.2. The Morgan fingerprint density at radius 3 is 2.77 bits per heavy atom. The number of likely N-dealkylation sites (tertiary alicyclic amines) is 1. The minimum Gasteiger partial charge on any atom is -0.381 e. The van der Waals surface area contributed by atoms with Crippen molar-refractivity contribution >= 4 is 17.7 Å². The summed E-state index contributed by atoms with van der Waals surface area (Å²) < 4.78 is 11.9. The van der Waals surface area contributed by atoms with E-state index in [9.17, 15) is 4.79 Å². The summed E-state index contributed by atoms with van der Waals surface area (Å²) in [5.41, 5.74) is 0. The summed E-state index contributed by atoms with van der Waals surface area (Å²) in [6.07, 6.45) is 4.92. The summed E-state index contributed by atoms with van der Waals surface area (Å²) >= 11 is 2.04. The first-order valence-corrected chi connectivity index (χ1v) is 9.76. The van der Waals surface area contributed by atoms with Crippen LogP contribution in [0.4, 0.5) is 0 Å². The Morgan fingerprint density at radius 1 is 1.36 bits per heavy atom. The summed E-state index contributed by atoms with van der Waals surface area (Å²) in [7, 11) is 0. The molecule has 4 rings (SSSR count). The van der Waals surface area contributed by atoms with Crippen LogP contribution in [0.5, 0.6) is 0 Å². The zero-order valence-corrected chi connectivity index (χ0v) is 14.3. The molecule has 0 aromatic carbocycles. The third kappa shape index (κ3) is 3.04. The van der Waals surface area contributed by atoms with E-state index in [2.05, 4.69) is 11.8 Å². The molecule has 1 saturated carbocycles. The lowest BCUT2D eigenvalue weighted by Crippen LogP contribution is -2.61. The number of nitrogens with zero attached hydrogens (tertiary/aromatic N) is 1. The second kappa shape index (κ2) is 5.99. The van der Waals surface area contributed by atoms with Crippen LogP contribution in [0.3, 0.4) is 0 Å². The molecule has 0 aromatic rings. The van der Waals surface area contributed by atoms with Crippen molar-refractivity contribution in [1.29, 1.82) is 0 Å². The van der Waals surface area contributed by atoms with Gasteiger partial charge in [0.05, 0.1) is 10.9 Å². The smallest absolute Gasteiger partial charge is 0.226 e. The van der Waals surface area contributed by atoms with Gasteiger partial charge in [0.15, 0.2) is 0 Å². The van der Waals surface area contributed by atoms with E-state index in [1.54, 1.807) is 0 Å². The minimum atomic E-state index is 0.314. The molecular weight excluding hydrogens is 298 g/mol. The molecule has 5 heteroatoms. The van der Waals surface area contributed by atoms with Crippen molar-refractivity contribution in [3.05, 3.63) is 0 Å². The maximum Gasteiger partial charge on any atom is 0.226 e. The van der Waals surface area contributed by atoms with Crippen LogP contribution >= 0.6 is 11.8 Å². The summed E-state index contributed by atoms with van der Waals surface area (Å²) in [4.78, 5) is 14.3. The van der Waals surface area contributed by atoms with Crippen molar-refractivity contribution in [2.24, 2.45) is 17.8 Å². The highest BCUT2D eigenvalue weighted by molar-refractivity contribution is 8.01.